The van der Waals surface area contributed by atoms with Gasteiger partial charge in [-0.1, -0.05) is 12.1 Å². The van der Waals surface area contributed by atoms with Gasteiger partial charge in [0.1, 0.15) is 5.52 Å². The average molecular weight is 304 g/mol. The fraction of sp³-hybridized carbons (Fsp3) is 0.400. The summed E-state index contributed by atoms with van der Waals surface area (Å²) in [4.78, 5) is 27.6. The molecule has 0 saturated carbocycles. The molecular weight excluding hydrogens is 288 g/mol. The Labute approximate surface area is 126 Å². The molecule has 2 N–H and O–H groups in total. The smallest absolute Gasteiger partial charge is 0.331 e. The van der Waals surface area contributed by atoms with Crippen LogP contribution in [0.2, 0.25) is 0 Å². The van der Waals surface area contributed by atoms with Crippen molar-refractivity contribution >= 4 is 23.0 Å². The molecule has 1 aromatic carbocycles. The lowest BCUT2D eigenvalue weighted by molar-refractivity contribution is -0.147. The van der Waals surface area contributed by atoms with Crippen LogP contribution in [-0.2, 0) is 20.7 Å². The van der Waals surface area contributed by atoms with E-state index in [4.69, 9.17) is 9.15 Å². The van der Waals surface area contributed by atoms with Crippen molar-refractivity contribution in [2.24, 2.45) is 0 Å². The minimum Gasteiger partial charge on any atom is -0.479 e. The predicted molar refractivity (Wildman–Crippen MR) is 76.3 cm³/mol. The SMILES string of the molecule is O=C(CCc1nc2ccccc2o1)NC1(C(=O)O)CCOC1. The molecule has 0 aliphatic carbocycles. The molecule has 1 aliphatic rings. The third kappa shape index (κ3) is 2.80. The molecule has 116 valence electrons. The predicted octanol–water partition coefficient (Wildman–Crippen LogP) is 1.12. The topological polar surface area (TPSA) is 102 Å². The number of carboxylic acids is 1. The number of ether oxygens (including phenoxy) is 1. The van der Waals surface area contributed by atoms with Crippen LogP contribution in [0, 0.1) is 0 Å². The molecule has 0 radical (unpaired) electrons. The summed E-state index contributed by atoms with van der Waals surface area (Å²) in [5.41, 5.74) is 0.103. The Morgan fingerprint density at radius 2 is 2.18 bits per heavy atom. The highest BCUT2D eigenvalue weighted by Crippen LogP contribution is 2.20. The van der Waals surface area contributed by atoms with Crippen molar-refractivity contribution < 1.29 is 23.8 Å². The van der Waals surface area contributed by atoms with E-state index in [0.717, 1.165) is 5.52 Å². The Hall–Kier alpha value is -2.41. The number of carbonyl (C=O) groups excluding carboxylic acids is 1. The van der Waals surface area contributed by atoms with Crippen LogP contribution in [0.5, 0.6) is 0 Å². The highest BCUT2D eigenvalue weighted by atomic mass is 16.5. The van der Waals surface area contributed by atoms with Crippen molar-refractivity contribution in [1.29, 1.82) is 0 Å². The highest BCUT2D eigenvalue weighted by Gasteiger charge is 2.43. The Balaban J connectivity index is 1.61. The van der Waals surface area contributed by atoms with Crippen LogP contribution in [0.4, 0.5) is 0 Å². The van der Waals surface area contributed by atoms with Gasteiger partial charge in [0.25, 0.3) is 0 Å². The summed E-state index contributed by atoms with van der Waals surface area (Å²) in [6.07, 6.45) is 0.704. The van der Waals surface area contributed by atoms with Crippen molar-refractivity contribution in [3.63, 3.8) is 0 Å². The van der Waals surface area contributed by atoms with Gasteiger partial charge in [0.05, 0.1) is 6.61 Å². The summed E-state index contributed by atoms with van der Waals surface area (Å²) in [5.74, 6) is -0.959. The van der Waals surface area contributed by atoms with E-state index < -0.39 is 11.5 Å². The lowest BCUT2D eigenvalue weighted by atomic mass is 9.98. The number of aromatic nitrogens is 1. The molecule has 3 rings (SSSR count). The second kappa shape index (κ2) is 5.76. The lowest BCUT2D eigenvalue weighted by Gasteiger charge is -2.23. The molecule has 2 heterocycles. The second-order valence-corrected chi connectivity index (χ2v) is 5.31. The van der Waals surface area contributed by atoms with E-state index in [-0.39, 0.29) is 25.4 Å². The molecule has 0 spiro atoms. The fourth-order valence-corrected chi connectivity index (χ4v) is 2.46. The van der Waals surface area contributed by atoms with Crippen LogP contribution in [0.3, 0.4) is 0 Å². The normalized spacial score (nSPS) is 21.1. The number of para-hydroxylation sites is 2. The van der Waals surface area contributed by atoms with Gasteiger partial charge >= 0.3 is 5.97 Å². The number of rotatable bonds is 5. The molecule has 1 aliphatic heterocycles. The summed E-state index contributed by atoms with van der Waals surface area (Å²) in [6.45, 7) is 0.328. The molecule has 2 aromatic rings. The third-order valence-corrected chi connectivity index (χ3v) is 3.71. The summed E-state index contributed by atoms with van der Waals surface area (Å²) < 4.78 is 10.6. The van der Waals surface area contributed by atoms with Crippen molar-refractivity contribution in [1.82, 2.24) is 10.3 Å². The molecule has 1 amide bonds. The number of oxazole rings is 1. The maximum absolute atomic E-state index is 12.0. The van der Waals surface area contributed by atoms with Crippen molar-refractivity contribution in [3.8, 4) is 0 Å². The van der Waals surface area contributed by atoms with Gasteiger partial charge in [0.2, 0.25) is 5.91 Å². The van der Waals surface area contributed by atoms with Gasteiger partial charge in [-0.2, -0.15) is 0 Å². The number of nitrogens with one attached hydrogen (secondary N) is 1. The number of nitrogens with zero attached hydrogens (tertiary/aromatic N) is 1. The number of benzene rings is 1. The molecule has 1 atom stereocenters. The van der Waals surface area contributed by atoms with Gasteiger partial charge in [0, 0.05) is 25.9 Å². The van der Waals surface area contributed by atoms with Crippen LogP contribution in [-0.4, -0.2) is 40.7 Å². The minimum atomic E-state index is -1.31. The molecule has 22 heavy (non-hydrogen) atoms. The largest absolute Gasteiger partial charge is 0.479 e. The summed E-state index contributed by atoms with van der Waals surface area (Å²) >= 11 is 0. The second-order valence-electron chi connectivity index (χ2n) is 5.31. The quantitative estimate of drug-likeness (QED) is 0.858. The van der Waals surface area contributed by atoms with Crippen molar-refractivity contribution in [3.05, 3.63) is 30.2 Å². The number of carbonyl (C=O) groups is 2. The van der Waals surface area contributed by atoms with Crippen molar-refractivity contribution in [2.75, 3.05) is 13.2 Å². The van der Waals surface area contributed by atoms with Crippen LogP contribution in [0.25, 0.3) is 11.1 Å². The molecule has 1 unspecified atom stereocenters. The number of aliphatic carboxylic acids is 1. The Bertz CT molecular complexity index is 670. The summed E-state index contributed by atoms with van der Waals surface area (Å²) in [5, 5.41) is 11.8. The van der Waals surface area contributed by atoms with E-state index in [0.29, 0.717) is 24.5 Å². The summed E-state index contributed by atoms with van der Waals surface area (Å²) in [7, 11) is 0. The van der Waals surface area contributed by atoms with Gasteiger partial charge in [-0.05, 0) is 12.1 Å². The third-order valence-electron chi connectivity index (χ3n) is 3.71. The fourth-order valence-electron chi connectivity index (χ4n) is 2.46. The molecule has 0 bridgehead atoms. The van der Waals surface area contributed by atoms with E-state index in [1.165, 1.54) is 0 Å². The summed E-state index contributed by atoms with van der Waals surface area (Å²) in [6, 6.07) is 7.34. The Morgan fingerprint density at radius 1 is 1.36 bits per heavy atom. The molecule has 1 aromatic heterocycles. The first-order chi connectivity index (χ1) is 10.6. The zero-order chi connectivity index (χ0) is 15.6. The molecule has 7 heteroatoms. The van der Waals surface area contributed by atoms with Gasteiger partial charge in [-0.25, -0.2) is 9.78 Å². The van der Waals surface area contributed by atoms with E-state index in [1.54, 1.807) is 6.07 Å². The first-order valence-electron chi connectivity index (χ1n) is 7.06. The van der Waals surface area contributed by atoms with E-state index >= 15 is 0 Å². The molecule has 1 saturated heterocycles. The Kier molecular flexibility index (Phi) is 3.81. The van der Waals surface area contributed by atoms with Gasteiger partial charge in [-0.3, -0.25) is 4.79 Å². The standard InChI is InChI=1S/C15H16N2O5/c18-12(17-15(14(19)20)7-8-21-9-15)5-6-13-16-10-3-1-2-4-11(10)22-13/h1-4H,5-9H2,(H,17,18)(H,19,20). The molecule has 7 nitrogen and oxygen atoms in total. The van der Waals surface area contributed by atoms with Crippen LogP contribution in [0.1, 0.15) is 18.7 Å². The van der Waals surface area contributed by atoms with Gasteiger partial charge < -0.3 is 19.6 Å². The number of carboxylic acid groups (broad SMARTS) is 1. The maximum atomic E-state index is 12.0. The van der Waals surface area contributed by atoms with Crippen molar-refractivity contribution in [2.45, 2.75) is 24.8 Å². The zero-order valence-electron chi connectivity index (χ0n) is 11.9. The number of hydrogen-bond acceptors (Lipinski definition) is 5. The van der Waals surface area contributed by atoms with Gasteiger partial charge in [0.15, 0.2) is 17.0 Å². The first-order valence-corrected chi connectivity index (χ1v) is 7.06. The number of fused-ring (bicyclic) bond motifs is 1. The van der Waals surface area contributed by atoms with E-state index in [1.807, 2.05) is 18.2 Å². The van der Waals surface area contributed by atoms with Crippen LogP contribution >= 0.6 is 0 Å². The number of hydrogen-bond donors (Lipinski definition) is 2. The van der Waals surface area contributed by atoms with Gasteiger partial charge in [-0.15, -0.1) is 0 Å². The lowest BCUT2D eigenvalue weighted by Crippen LogP contribution is -2.55. The Morgan fingerprint density at radius 3 is 2.86 bits per heavy atom. The highest BCUT2D eigenvalue weighted by molar-refractivity contribution is 5.87. The van der Waals surface area contributed by atoms with Crippen LogP contribution in [0.15, 0.2) is 28.7 Å². The average Bonchev–Trinajstić information content (AvgIpc) is 3.11. The maximum Gasteiger partial charge on any atom is 0.331 e. The van der Waals surface area contributed by atoms with E-state index in [2.05, 4.69) is 10.3 Å². The molecular formula is C15H16N2O5. The minimum absolute atomic E-state index is 0.00301. The molecule has 1 fully saturated rings. The first kappa shape index (κ1) is 14.5. The van der Waals surface area contributed by atoms with E-state index in [9.17, 15) is 14.7 Å². The monoisotopic (exact) mass is 304 g/mol. The zero-order valence-corrected chi connectivity index (χ0v) is 11.9. The van der Waals surface area contributed by atoms with Crippen LogP contribution < -0.4 is 5.32 Å². The number of aryl methyl sites for hydroxylation is 1. The number of amides is 1.